The van der Waals surface area contributed by atoms with E-state index in [9.17, 15) is 9.59 Å². The van der Waals surface area contributed by atoms with Gasteiger partial charge in [-0.1, -0.05) is 0 Å². The van der Waals surface area contributed by atoms with E-state index >= 15 is 0 Å². The standard InChI is InChI=1S/C19H20O5S/c1-4-22-15-8-13-7-11(2)24-16(13)9-14(15)10-23-19(21)18-6-5-17(25-18)12(3)20/h5-6,8-9,11H,4,7,10H2,1-3H3/t11-/m0/s1. The summed E-state index contributed by atoms with van der Waals surface area (Å²) < 4.78 is 16.9. The fourth-order valence-electron chi connectivity index (χ4n) is 2.74. The lowest BCUT2D eigenvalue weighted by Crippen LogP contribution is -2.06. The highest BCUT2D eigenvalue weighted by atomic mass is 32.1. The Morgan fingerprint density at radius 2 is 2.04 bits per heavy atom. The molecule has 1 aliphatic rings. The van der Waals surface area contributed by atoms with E-state index < -0.39 is 5.97 Å². The van der Waals surface area contributed by atoms with Crippen molar-refractivity contribution in [3.8, 4) is 11.5 Å². The van der Waals surface area contributed by atoms with Crippen molar-refractivity contribution < 1.29 is 23.8 Å². The fraction of sp³-hybridized carbons (Fsp3) is 0.368. The summed E-state index contributed by atoms with van der Waals surface area (Å²) in [6, 6.07) is 7.09. The molecule has 1 atom stereocenters. The third-order valence-electron chi connectivity index (χ3n) is 3.89. The molecule has 2 aromatic rings. The van der Waals surface area contributed by atoms with E-state index in [0.29, 0.717) is 22.1 Å². The van der Waals surface area contributed by atoms with Gasteiger partial charge >= 0.3 is 5.97 Å². The van der Waals surface area contributed by atoms with Gasteiger partial charge in [0.15, 0.2) is 5.78 Å². The van der Waals surface area contributed by atoms with Crippen molar-refractivity contribution >= 4 is 23.1 Å². The normalized spacial score (nSPS) is 15.4. The van der Waals surface area contributed by atoms with Gasteiger partial charge in [0.05, 0.1) is 11.5 Å². The molecule has 0 spiro atoms. The SMILES string of the molecule is CCOc1cc2c(cc1COC(=O)c1ccc(C(C)=O)s1)O[C@@H](C)C2. The van der Waals surface area contributed by atoms with Gasteiger partial charge in [0.25, 0.3) is 0 Å². The number of rotatable bonds is 6. The van der Waals surface area contributed by atoms with E-state index in [1.165, 1.54) is 6.92 Å². The molecular weight excluding hydrogens is 340 g/mol. The third kappa shape index (κ3) is 3.85. The number of benzene rings is 1. The van der Waals surface area contributed by atoms with Crippen LogP contribution in [0.1, 0.15) is 51.2 Å². The fourth-order valence-corrected chi connectivity index (χ4v) is 3.53. The van der Waals surface area contributed by atoms with Crippen LogP contribution in [0, 0.1) is 0 Å². The van der Waals surface area contributed by atoms with Gasteiger partial charge < -0.3 is 14.2 Å². The predicted octanol–water partition coefficient (Wildman–Crippen LogP) is 4.03. The van der Waals surface area contributed by atoms with Gasteiger partial charge in [0, 0.05) is 17.5 Å². The molecule has 0 radical (unpaired) electrons. The van der Waals surface area contributed by atoms with Gasteiger partial charge in [-0.05, 0) is 45.0 Å². The molecule has 1 aliphatic heterocycles. The van der Waals surface area contributed by atoms with Crippen LogP contribution in [0.2, 0.25) is 0 Å². The van der Waals surface area contributed by atoms with Crippen LogP contribution in [0.3, 0.4) is 0 Å². The first-order valence-corrected chi connectivity index (χ1v) is 9.02. The van der Waals surface area contributed by atoms with Crippen LogP contribution < -0.4 is 9.47 Å². The van der Waals surface area contributed by atoms with E-state index in [1.807, 2.05) is 26.0 Å². The van der Waals surface area contributed by atoms with Gasteiger partial charge in [-0.2, -0.15) is 0 Å². The van der Waals surface area contributed by atoms with Gasteiger partial charge in [0.1, 0.15) is 29.1 Å². The van der Waals surface area contributed by atoms with Crippen molar-refractivity contribution in [2.75, 3.05) is 6.61 Å². The molecule has 1 aromatic carbocycles. The highest BCUT2D eigenvalue weighted by molar-refractivity contribution is 7.15. The zero-order valence-corrected chi connectivity index (χ0v) is 15.3. The molecule has 0 aliphatic carbocycles. The van der Waals surface area contributed by atoms with Crippen molar-refractivity contribution in [3.05, 3.63) is 45.1 Å². The Morgan fingerprint density at radius 3 is 2.72 bits per heavy atom. The summed E-state index contributed by atoms with van der Waals surface area (Å²) in [5.41, 5.74) is 1.88. The lowest BCUT2D eigenvalue weighted by atomic mass is 10.1. The van der Waals surface area contributed by atoms with Crippen LogP contribution >= 0.6 is 11.3 Å². The minimum absolute atomic E-state index is 0.0624. The Morgan fingerprint density at radius 1 is 1.28 bits per heavy atom. The zero-order valence-electron chi connectivity index (χ0n) is 14.5. The molecule has 0 saturated carbocycles. The molecule has 0 unspecified atom stereocenters. The Hall–Kier alpha value is -2.34. The quantitative estimate of drug-likeness (QED) is 0.575. The van der Waals surface area contributed by atoms with Gasteiger partial charge in [0.2, 0.25) is 0 Å². The number of fused-ring (bicyclic) bond motifs is 1. The Bertz CT molecular complexity index is 808. The first kappa shape index (κ1) is 17.5. The average Bonchev–Trinajstić information content (AvgIpc) is 3.18. The number of carbonyl (C=O) groups excluding carboxylic acids is 2. The smallest absolute Gasteiger partial charge is 0.348 e. The van der Waals surface area contributed by atoms with Crippen molar-refractivity contribution in [1.82, 2.24) is 0 Å². The summed E-state index contributed by atoms with van der Waals surface area (Å²) in [6.07, 6.45) is 0.983. The molecule has 3 rings (SSSR count). The molecule has 0 fully saturated rings. The number of esters is 1. The molecule has 0 N–H and O–H groups in total. The highest BCUT2D eigenvalue weighted by Crippen LogP contribution is 2.35. The number of ketones is 1. The summed E-state index contributed by atoms with van der Waals surface area (Å²) in [7, 11) is 0. The first-order valence-electron chi connectivity index (χ1n) is 8.21. The summed E-state index contributed by atoms with van der Waals surface area (Å²) in [4.78, 5) is 24.5. The van der Waals surface area contributed by atoms with Crippen molar-refractivity contribution in [1.29, 1.82) is 0 Å². The molecule has 25 heavy (non-hydrogen) atoms. The molecule has 5 nitrogen and oxygen atoms in total. The minimum atomic E-state index is -0.449. The zero-order chi connectivity index (χ0) is 18.0. The van der Waals surface area contributed by atoms with E-state index in [1.54, 1.807) is 12.1 Å². The second-order valence-electron chi connectivity index (χ2n) is 5.93. The average molecular weight is 360 g/mol. The van der Waals surface area contributed by atoms with Gasteiger partial charge in [-0.15, -0.1) is 11.3 Å². The Labute approximate surface area is 150 Å². The second kappa shape index (κ2) is 7.27. The molecule has 0 saturated heterocycles. The molecule has 132 valence electrons. The second-order valence-corrected chi connectivity index (χ2v) is 7.01. The molecule has 6 heteroatoms. The first-order chi connectivity index (χ1) is 12.0. The number of hydrogen-bond acceptors (Lipinski definition) is 6. The maximum atomic E-state index is 12.2. The number of hydrogen-bond donors (Lipinski definition) is 0. The minimum Gasteiger partial charge on any atom is -0.493 e. The monoisotopic (exact) mass is 360 g/mol. The van der Waals surface area contributed by atoms with Gasteiger partial charge in [-0.25, -0.2) is 4.79 Å². The third-order valence-corrected chi connectivity index (χ3v) is 5.06. The van der Waals surface area contributed by atoms with Crippen molar-refractivity contribution in [3.63, 3.8) is 0 Å². The van der Waals surface area contributed by atoms with Crippen LogP contribution in [0.25, 0.3) is 0 Å². The van der Waals surface area contributed by atoms with Crippen molar-refractivity contribution in [2.24, 2.45) is 0 Å². The van der Waals surface area contributed by atoms with E-state index in [2.05, 4.69) is 0 Å². The predicted molar refractivity (Wildman–Crippen MR) is 94.8 cm³/mol. The molecule has 2 heterocycles. The maximum absolute atomic E-state index is 12.2. The van der Waals surface area contributed by atoms with Gasteiger partial charge in [-0.3, -0.25) is 4.79 Å². The highest BCUT2D eigenvalue weighted by Gasteiger charge is 2.22. The van der Waals surface area contributed by atoms with Crippen LogP contribution in [-0.2, 0) is 17.8 Å². The summed E-state index contributed by atoms with van der Waals surface area (Å²) in [6.45, 7) is 6.02. The summed E-state index contributed by atoms with van der Waals surface area (Å²) in [5.74, 6) is 1.02. The molecule has 0 bridgehead atoms. The largest absolute Gasteiger partial charge is 0.493 e. The molecule has 0 amide bonds. The number of thiophene rings is 1. The maximum Gasteiger partial charge on any atom is 0.348 e. The van der Waals surface area contributed by atoms with Crippen LogP contribution in [0.4, 0.5) is 0 Å². The molecule has 1 aromatic heterocycles. The number of Topliss-reactive ketones (excluding diaryl/α,β-unsaturated/α-hetero) is 1. The lowest BCUT2D eigenvalue weighted by molar-refractivity contribution is 0.0475. The van der Waals surface area contributed by atoms with Crippen LogP contribution in [0.5, 0.6) is 11.5 Å². The summed E-state index contributed by atoms with van der Waals surface area (Å²) >= 11 is 1.14. The van der Waals surface area contributed by atoms with Crippen LogP contribution in [0.15, 0.2) is 24.3 Å². The topological polar surface area (TPSA) is 61.8 Å². The molecular formula is C19H20O5S. The summed E-state index contributed by atoms with van der Waals surface area (Å²) in [5, 5.41) is 0. The van der Waals surface area contributed by atoms with E-state index in [-0.39, 0.29) is 18.5 Å². The number of carbonyl (C=O) groups is 2. The Balaban J connectivity index is 1.74. The van der Waals surface area contributed by atoms with E-state index in [0.717, 1.165) is 34.6 Å². The van der Waals surface area contributed by atoms with Crippen molar-refractivity contribution in [2.45, 2.75) is 39.9 Å². The number of ether oxygens (including phenoxy) is 3. The lowest BCUT2D eigenvalue weighted by Gasteiger charge is -2.12. The Kier molecular flexibility index (Phi) is 5.08. The van der Waals surface area contributed by atoms with Crippen LogP contribution in [-0.4, -0.2) is 24.5 Å². The van der Waals surface area contributed by atoms with E-state index in [4.69, 9.17) is 14.2 Å².